The molecule has 658 valence electrons. The van der Waals surface area contributed by atoms with Crippen LogP contribution in [0, 0.1) is 34.4 Å². The van der Waals surface area contributed by atoms with Gasteiger partial charge >= 0.3 is 121 Å². The summed E-state index contributed by atoms with van der Waals surface area (Å²) in [5.74, 6) is 1.04. The number of carbonyl (C=O) groups excluding carboxylic acids is 7. The first-order valence-electron chi connectivity index (χ1n) is 41.1. The Labute approximate surface area is 838 Å². The summed E-state index contributed by atoms with van der Waals surface area (Å²) in [6, 6.07) is 24.0. The Morgan fingerprint density at radius 3 is 1.15 bits per heavy atom. The minimum atomic E-state index is -1.44. The zero-order valence-corrected chi connectivity index (χ0v) is 86.7. The second-order valence-corrected chi connectivity index (χ2v) is 39.6. The van der Waals surface area contributed by atoms with Crippen LogP contribution in [0.1, 0.15) is 232 Å². The Morgan fingerprint density at radius 2 is 0.860 bits per heavy atom. The van der Waals surface area contributed by atoms with Crippen LogP contribution in [0.2, 0.25) is 0 Å². The number of nitrogens with two attached hydrogens (primary N) is 1. The maximum atomic E-state index is 13.8. The summed E-state index contributed by atoms with van der Waals surface area (Å²) in [5, 5.41) is 20.6. The van der Waals surface area contributed by atoms with Gasteiger partial charge in [0.2, 0.25) is 0 Å². The Morgan fingerprint density at radius 1 is 0.545 bits per heavy atom. The number of aliphatic imine (C=N–C) groups is 1. The van der Waals surface area contributed by atoms with Crippen LogP contribution < -0.4 is 136 Å². The molecule has 4 unspecified atom stereocenters. The first kappa shape index (κ1) is 105. The first-order chi connectivity index (χ1) is 55.6. The van der Waals surface area contributed by atoms with E-state index in [4.69, 9.17) is 48.5 Å². The summed E-state index contributed by atoms with van der Waals surface area (Å²) >= 11 is 19.9. The van der Waals surface area contributed by atoms with E-state index < -0.39 is 40.2 Å². The Balaban J connectivity index is 0.000000234. The van der Waals surface area contributed by atoms with E-state index in [1.165, 1.54) is 21.6 Å². The number of methoxy groups -OCH3 is 4. The van der Waals surface area contributed by atoms with E-state index >= 15 is 0 Å². The monoisotopic (exact) mass is 2010 g/mol. The average molecular weight is 2010 g/mol. The molecule has 34 heteroatoms. The van der Waals surface area contributed by atoms with Gasteiger partial charge in [-0.25, -0.2) is 19.5 Å². The van der Waals surface area contributed by atoms with Crippen LogP contribution in [0.25, 0.3) is 0 Å². The number of nitrogens with zero attached hydrogens (tertiary/aromatic N) is 4. The number of carbonyl (C=O) groups is 7. The third kappa shape index (κ3) is 20.6. The van der Waals surface area contributed by atoms with Crippen molar-refractivity contribution in [3.05, 3.63) is 142 Å². The number of amides is 8. The fraction of sp³-hybridized carbons (Fsp3) is 0.609. The number of hydrogen-bond donors (Lipinski definition) is 7. The number of urea groups is 2. The largest absolute Gasteiger partial charge is 1.00 e. The van der Waals surface area contributed by atoms with Gasteiger partial charge in [0.15, 0.2) is 34.6 Å². The van der Waals surface area contributed by atoms with E-state index in [0.717, 1.165) is 180 Å². The summed E-state index contributed by atoms with van der Waals surface area (Å²) < 4.78 is 42.6. The number of thiocarbonyl (C=S) groups is 1. The molecular formula is C87H122Br4FK2N10O16S+. The molecule has 4 aliphatic heterocycles. The van der Waals surface area contributed by atoms with E-state index in [1.807, 2.05) is 65.8 Å². The molecule has 121 heavy (non-hydrogen) atoms. The summed E-state index contributed by atoms with van der Waals surface area (Å²) in [6.45, 7) is 23.3. The number of ether oxygens (including phenoxy) is 4. The molecule has 12 aliphatic rings. The minimum absolute atomic E-state index is 0. The van der Waals surface area contributed by atoms with Gasteiger partial charge in [-0.05, 0) is 309 Å². The topological polar surface area (TPSA) is 367 Å². The molecule has 4 heterocycles. The van der Waals surface area contributed by atoms with Crippen LogP contribution in [-0.2, 0) is 105 Å². The van der Waals surface area contributed by atoms with Crippen molar-refractivity contribution in [3.8, 4) is 0 Å². The Kier molecular flexibility index (Phi) is 38.1. The molecule has 4 saturated carbocycles. The number of hydrogen-bond acceptors (Lipinski definition) is 19. The molecule has 0 radical (unpaired) electrons. The molecule has 0 aromatic heterocycles. The van der Waals surface area contributed by atoms with E-state index in [9.17, 15) is 38.0 Å². The molecule has 3 saturated heterocycles. The molecular weight excluding hydrogens is 1890 g/mol. The second-order valence-electron chi connectivity index (χ2n) is 35.6. The van der Waals surface area contributed by atoms with Crippen LogP contribution >= 0.6 is 75.9 Å². The van der Waals surface area contributed by atoms with Gasteiger partial charge in [-0.1, -0.05) is 109 Å². The zero-order chi connectivity index (χ0) is 86.8. The predicted octanol–water partition coefficient (Wildman–Crippen LogP) is 10.1. The number of fused-ring (bicyclic) bond motifs is 12. The van der Waals surface area contributed by atoms with Crippen molar-refractivity contribution in [2.45, 2.75) is 282 Å². The van der Waals surface area contributed by atoms with Crippen molar-refractivity contribution in [1.29, 1.82) is 0 Å². The molecule has 4 aromatic rings. The van der Waals surface area contributed by atoms with Gasteiger partial charge < -0.3 is 66.4 Å². The van der Waals surface area contributed by atoms with Gasteiger partial charge in [-0.15, -0.1) is 0 Å². The van der Waals surface area contributed by atoms with Crippen LogP contribution in [0.3, 0.4) is 0 Å². The molecule has 0 bridgehead atoms. The molecule has 8 spiro atoms. The van der Waals surface area contributed by atoms with Crippen LogP contribution in [0.15, 0.2) is 95.7 Å². The maximum absolute atomic E-state index is 13.8. The number of benzene rings is 4. The minimum Gasteiger partial charge on any atom is -0.426 e. The normalized spacial score (nSPS) is 29.7. The summed E-state index contributed by atoms with van der Waals surface area (Å²) in [4.78, 5) is 108. The van der Waals surface area contributed by atoms with Gasteiger partial charge in [0.25, 0.3) is 23.6 Å². The molecule has 12 N–H and O–H groups in total. The molecule has 4 aromatic carbocycles. The van der Waals surface area contributed by atoms with Crippen molar-refractivity contribution in [2.24, 2.45) is 38.3 Å². The molecule has 8 aliphatic carbocycles. The fourth-order valence-corrected chi connectivity index (χ4v) is 22.7. The molecule has 8 amide bonds. The molecule has 7 fully saturated rings. The van der Waals surface area contributed by atoms with Crippen molar-refractivity contribution >= 4 is 129 Å². The van der Waals surface area contributed by atoms with E-state index in [2.05, 4.69) is 169 Å². The van der Waals surface area contributed by atoms with Crippen LogP contribution in [-0.4, -0.2) is 155 Å². The molecule has 26 nitrogen and oxygen atoms in total. The van der Waals surface area contributed by atoms with Crippen molar-refractivity contribution in [1.82, 2.24) is 42.1 Å². The van der Waals surface area contributed by atoms with Crippen molar-refractivity contribution in [2.75, 3.05) is 28.4 Å². The van der Waals surface area contributed by atoms with Crippen LogP contribution in [0.4, 0.5) is 14.0 Å². The molecule has 4 atom stereocenters. The Hall–Kier alpha value is -2.71. The quantitative estimate of drug-likeness (QED) is 0.0156. The number of nitrogens with one attached hydrogen (secondary N) is 4. The van der Waals surface area contributed by atoms with Gasteiger partial charge in [-0.3, -0.25) is 49.2 Å². The van der Waals surface area contributed by atoms with E-state index in [1.54, 1.807) is 59.0 Å². The summed E-state index contributed by atoms with van der Waals surface area (Å²) in [5.41, 5.74) is 10.3. The van der Waals surface area contributed by atoms with Crippen LogP contribution in [0.5, 0.6) is 0 Å². The van der Waals surface area contributed by atoms with Gasteiger partial charge in [0.1, 0.15) is 0 Å². The number of halogens is 5. The standard InChI is InChI=1S/C20H26BrN3O2.C20H25BrN2O3.C20H25BrN2O2S.C17H19BrN2O3.C4H10O2.C4H10.C2H2FO3.2K.H3N.H2O/c1-12(2)24-17(25)20(23-18(24)22)16-10-14(21)5-4-13(16)11-19(20)8-6-15(26-3)7-9-19;1-12(2)23-17(24)20(22-18(23)25)16-10-14(21)5-4-13(16)11-19(20)8-6-15(26-3)7-9-19;1-12(2)23-17(24)20(22-18(23)26)16-10-14(21)5-4-13(16)11-19(20)8-6-15(25-3)7-9-19;1-23-12-4-6-16(7-5-12)9-10-2-3-11(18)8-13(10)17(16)14(21)19-15(22)20-17;1-4(2,3)6-5;1-4(2)3;3-1-5-6-2-4;;;;/h4-5,10,12,15H,6-9,11H2,1-3H3,(H2,22,23);4-5,10,12,15H,6-9,11H2,1-3H3,(H,22,25);4-5,10,12,15H,6-9,11H2,1-3H3,(H,22,26);2-3,8,12H,4-7,9H2,1H3,(H2,19,20,21,22);5H,1-3H3;4H,1-3H3;1-2H;;;1H3;1H2/q;;;;;;-1;2*+1;;/i;;;;;;2D;;;;. The first-order valence-corrected chi connectivity index (χ1v) is 44.2. The zero-order valence-electron chi connectivity index (χ0n) is 74.3. The van der Waals surface area contributed by atoms with Gasteiger partial charge in [-0.2, -0.15) is 0 Å². The maximum Gasteiger partial charge on any atom is 1.00 e. The van der Waals surface area contributed by atoms with Gasteiger partial charge in [0.05, 0.1) is 30.0 Å². The average Bonchev–Trinajstić information content (AvgIpc) is 1.38. The molecule has 16 rings (SSSR count). The van der Waals surface area contributed by atoms with Crippen molar-refractivity contribution in [3.63, 3.8) is 0 Å². The smallest absolute Gasteiger partial charge is 0.426 e. The predicted molar refractivity (Wildman–Crippen MR) is 470 cm³/mol. The fourth-order valence-electron chi connectivity index (χ4n) is 20.8. The van der Waals surface area contributed by atoms with Crippen molar-refractivity contribution < 1.29 is 186 Å². The summed E-state index contributed by atoms with van der Waals surface area (Å²) in [7, 11) is 7.05. The van der Waals surface area contributed by atoms with E-state index in [-0.39, 0.29) is 215 Å². The number of guanidine groups is 1. The van der Waals surface area contributed by atoms with Gasteiger partial charge in [0, 0.05) is 86.1 Å². The third-order valence-corrected chi connectivity index (χ3v) is 28.3. The number of imide groups is 2. The third-order valence-electron chi connectivity index (χ3n) is 26.0. The van der Waals surface area contributed by atoms with E-state index in [0.29, 0.717) is 11.1 Å². The Bertz CT molecular complexity index is 4310. The SMILES string of the molecule is CC(C)(C)OO.CC(C)C.COC1CCC2(CC1)Cc1ccc(Br)cc1C21N=C(N)N(C(C)C)C1=O.COC1CCC2(CC1)Cc1ccc(Br)cc1C21NC(=O)N(C(C)C)C1=O.COC1CCC2(CC1)Cc1ccc(Br)cc1C21NC(=O)NC1=O.COC1CCC2(CC1)Cc1ccc(Br)cc1C21NC(=S)N(C(C)C)C1=O.N.O.[2H]C(=O)OO[CH-]F.[K+].[K+]. The second kappa shape index (κ2) is 43.8. The number of rotatable bonds is 9. The summed E-state index contributed by atoms with van der Waals surface area (Å²) in [6.07, 6.45) is 17.8.